The van der Waals surface area contributed by atoms with Crippen molar-refractivity contribution in [1.82, 2.24) is 15.0 Å². The van der Waals surface area contributed by atoms with Crippen LogP contribution in [0, 0.1) is 0 Å². The summed E-state index contributed by atoms with van der Waals surface area (Å²) in [7, 11) is -0.659. The van der Waals surface area contributed by atoms with Crippen molar-refractivity contribution in [3.63, 3.8) is 0 Å². The molecule has 0 aromatic carbocycles. The first-order chi connectivity index (χ1) is 8.19. The molecule has 0 amide bonds. The number of aryl methyl sites for hydroxylation is 1. The highest BCUT2D eigenvalue weighted by molar-refractivity contribution is 7.85. The van der Waals surface area contributed by atoms with E-state index < -0.39 is 10.8 Å². The van der Waals surface area contributed by atoms with Crippen molar-refractivity contribution in [3.8, 4) is 0 Å². The zero-order chi connectivity index (χ0) is 12.3. The lowest BCUT2D eigenvalue weighted by Crippen LogP contribution is -2.33. The van der Waals surface area contributed by atoms with Crippen LogP contribution in [0.1, 0.15) is 32.0 Å². The molecule has 1 aromatic rings. The molecule has 96 valence electrons. The maximum atomic E-state index is 11.5. The Morgan fingerprint density at radius 2 is 2.35 bits per heavy atom. The fourth-order valence-electron chi connectivity index (χ4n) is 1.94. The zero-order valence-corrected chi connectivity index (χ0v) is 11.2. The van der Waals surface area contributed by atoms with Gasteiger partial charge in [0.1, 0.15) is 0 Å². The third-order valence-electron chi connectivity index (χ3n) is 3.15. The van der Waals surface area contributed by atoms with Gasteiger partial charge in [-0.1, -0.05) is 12.1 Å². The van der Waals surface area contributed by atoms with E-state index in [4.69, 9.17) is 4.52 Å². The Kier molecular flexibility index (Phi) is 4.28. The number of hydrogen-bond donors (Lipinski definition) is 0. The van der Waals surface area contributed by atoms with Crippen LogP contribution in [-0.4, -0.2) is 43.3 Å². The van der Waals surface area contributed by atoms with Gasteiger partial charge in [0.05, 0.1) is 6.54 Å². The molecule has 2 atom stereocenters. The van der Waals surface area contributed by atoms with Crippen molar-refractivity contribution < 1.29 is 8.73 Å². The number of aromatic nitrogens is 2. The monoisotopic (exact) mass is 257 g/mol. The molecule has 0 bridgehead atoms. The minimum Gasteiger partial charge on any atom is -0.339 e. The summed E-state index contributed by atoms with van der Waals surface area (Å²) >= 11 is 0. The third kappa shape index (κ3) is 3.35. The predicted octanol–water partition coefficient (Wildman–Crippen LogP) is 0.975. The molecule has 0 spiro atoms. The van der Waals surface area contributed by atoms with Crippen LogP contribution in [0.15, 0.2) is 4.52 Å². The van der Waals surface area contributed by atoms with E-state index in [1.54, 1.807) is 0 Å². The summed E-state index contributed by atoms with van der Waals surface area (Å²) in [4.78, 5) is 6.60. The molecule has 0 N–H and O–H groups in total. The van der Waals surface area contributed by atoms with E-state index in [1.165, 1.54) is 0 Å². The van der Waals surface area contributed by atoms with Gasteiger partial charge in [0.2, 0.25) is 5.89 Å². The highest BCUT2D eigenvalue weighted by Gasteiger charge is 2.21. The quantitative estimate of drug-likeness (QED) is 0.807. The zero-order valence-electron chi connectivity index (χ0n) is 10.4. The largest absolute Gasteiger partial charge is 0.339 e. The maximum absolute atomic E-state index is 11.5. The first kappa shape index (κ1) is 12.7. The Hall–Kier alpha value is -0.750. The molecule has 2 unspecified atom stereocenters. The molecule has 1 fully saturated rings. The van der Waals surface area contributed by atoms with Crippen molar-refractivity contribution in [2.24, 2.45) is 0 Å². The van der Waals surface area contributed by atoms with Crippen LogP contribution in [0.3, 0.4) is 0 Å². The Morgan fingerprint density at radius 1 is 1.53 bits per heavy atom. The van der Waals surface area contributed by atoms with E-state index in [2.05, 4.69) is 22.0 Å². The van der Waals surface area contributed by atoms with Gasteiger partial charge in [0.25, 0.3) is 0 Å². The SMILES string of the molecule is CCc1nc(CN2CCS(=O)CCC2C)no1. The minimum absolute atomic E-state index is 0.435. The summed E-state index contributed by atoms with van der Waals surface area (Å²) in [6, 6.07) is 0.435. The van der Waals surface area contributed by atoms with E-state index in [-0.39, 0.29) is 0 Å². The summed E-state index contributed by atoms with van der Waals surface area (Å²) in [5.41, 5.74) is 0. The summed E-state index contributed by atoms with van der Waals surface area (Å²) < 4.78 is 16.6. The Morgan fingerprint density at radius 3 is 3.06 bits per heavy atom. The van der Waals surface area contributed by atoms with Gasteiger partial charge in [-0.05, 0) is 13.3 Å². The van der Waals surface area contributed by atoms with Crippen molar-refractivity contribution in [3.05, 3.63) is 11.7 Å². The average molecular weight is 257 g/mol. The second-order valence-electron chi connectivity index (χ2n) is 4.41. The van der Waals surface area contributed by atoms with E-state index in [0.29, 0.717) is 18.5 Å². The van der Waals surface area contributed by atoms with Crippen molar-refractivity contribution in [1.29, 1.82) is 0 Å². The molecule has 2 rings (SSSR count). The Bertz CT molecular complexity index is 394. The molecule has 1 aliphatic rings. The first-order valence-corrected chi connectivity index (χ1v) is 7.58. The van der Waals surface area contributed by atoms with E-state index in [1.807, 2.05) is 6.92 Å². The second kappa shape index (κ2) is 5.73. The van der Waals surface area contributed by atoms with Gasteiger partial charge in [-0.2, -0.15) is 4.98 Å². The van der Waals surface area contributed by atoms with Crippen LogP contribution in [0.4, 0.5) is 0 Å². The molecular formula is C11H19N3O2S. The normalized spacial score (nSPS) is 26.9. The van der Waals surface area contributed by atoms with Gasteiger partial charge < -0.3 is 4.52 Å². The van der Waals surface area contributed by atoms with Crippen LogP contribution in [-0.2, 0) is 23.8 Å². The average Bonchev–Trinajstić information content (AvgIpc) is 2.72. The fraction of sp³-hybridized carbons (Fsp3) is 0.818. The van der Waals surface area contributed by atoms with Gasteiger partial charge >= 0.3 is 0 Å². The molecule has 0 radical (unpaired) electrons. The topological polar surface area (TPSA) is 59.2 Å². The molecule has 0 aliphatic carbocycles. The fourth-order valence-corrected chi connectivity index (χ4v) is 3.19. The molecule has 1 saturated heterocycles. The van der Waals surface area contributed by atoms with E-state index in [0.717, 1.165) is 36.7 Å². The van der Waals surface area contributed by atoms with Gasteiger partial charge in [-0.15, -0.1) is 0 Å². The summed E-state index contributed by atoms with van der Waals surface area (Å²) in [5.74, 6) is 2.99. The van der Waals surface area contributed by atoms with Crippen LogP contribution in [0.2, 0.25) is 0 Å². The van der Waals surface area contributed by atoms with E-state index >= 15 is 0 Å². The molecule has 1 aromatic heterocycles. The molecular weight excluding hydrogens is 238 g/mol. The summed E-state index contributed by atoms with van der Waals surface area (Å²) in [5, 5.41) is 3.96. The molecule has 17 heavy (non-hydrogen) atoms. The van der Waals surface area contributed by atoms with Crippen molar-refractivity contribution in [2.45, 2.75) is 39.3 Å². The first-order valence-electron chi connectivity index (χ1n) is 6.09. The van der Waals surface area contributed by atoms with Gasteiger partial charge in [-0.3, -0.25) is 9.11 Å². The lowest BCUT2D eigenvalue weighted by atomic mass is 10.2. The summed E-state index contributed by atoms with van der Waals surface area (Å²) in [6.07, 6.45) is 1.75. The van der Waals surface area contributed by atoms with Crippen LogP contribution in [0.5, 0.6) is 0 Å². The number of nitrogens with zero attached hydrogens (tertiary/aromatic N) is 3. The highest BCUT2D eigenvalue weighted by Crippen LogP contribution is 2.13. The third-order valence-corrected chi connectivity index (χ3v) is 4.48. The predicted molar refractivity (Wildman–Crippen MR) is 66.0 cm³/mol. The van der Waals surface area contributed by atoms with Crippen LogP contribution in [0.25, 0.3) is 0 Å². The number of hydrogen-bond acceptors (Lipinski definition) is 5. The lowest BCUT2D eigenvalue weighted by Gasteiger charge is -2.24. The molecule has 2 heterocycles. The smallest absolute Gasteiger partial charge is 0.226 e. The van der Waals surface area contributed by atoms with Gasteiger partial charge in [0, 0.05) is 41.3 Å². The van der Waals surface area contributed by atoms with Gasteiger partial charge in [-0.25, -0.2) is 0 Å². The van der Waals surface area contributed by atoms with E-state index in [9.17, 15) is 4.21 Å². The Balaban J connectivity index is 1.98. The number of rotatable bonds is 3. The highest BCUT2D eigenvalue weighted by atomic mass is 32.2. The van der Waals surface area contributed by atoms with Crippen molar-refractivity contribution in [2.75, 3.05) is 18.1 Å². The molecule has 1 aliphatic heterocycles. The van der Waals surface area contributed by atoms with Crippen molar-refractivity contribution >= 4 is 10.8 Å². The molecule has 6 heteroatoms. The standard InChI is InChI=1S/C11H19N3O2S/c1-3-11-12-10(13-16-11)8-14-5-7-17(15)6-4-9(14)2/h9H,3-8H2,1-2H3. The summed E-state index contributed by atoms with van der Waals surface area (Å²) in [6.45, 7) is 5.71. The maximum Gasteiger partial charge on any atom is 0.226 e. The van der Waals surface area contributed by atoms with Crippen LogP contribution < -0.4 is 0 Å². The minimum atomic E-state index is -0.659. The van der Waals surface area contributed by atoms with Gasteiger partial charge in [0.15, 0.2) is 5.82 Å². The second-order valence-corrected chi connectivity index (χ2v) is 6.11. The molecule has 5 nitrogen and oxygen atoms in total. The van der Waals surface area contributed by atoms with Crippen LogP contribution >= 0.6 is 0 Å². The lowest BCUT2D eigenvalue weighted by molar-refractivity contribution is 0.204. The molecule has 0 saturated carbocycles. The Labute approximate surface area is 104 Å².